The highest BCUT2D eigenvalue weighted by molar-refractivity contribution is 7.09. The van der Waals surface area contributed by atoms with Crippen molar-refractivity contribution >= 4 is 29.2 Å². The minimum Gasteiger partial charge on any atom is -0.457 e. The lowest BCUT2D eigenvalue weighted by Crippen LogP contribution is -2.45. The van der Waals surface area contributed by atoms with Crippen molar-refractivity contribution in [1.29, 1.82) is 0 Å². The van der Waals surface area contributed by atoms with Crippen LogP contribution in [0.15, 0.2) is 46.9 Å². The van der Waals surface area contributed by atoms with E-state index in [4.69, 9.17) is 4.74 Å². The molecular weight excluding hydrogens is 474 g/mol. The van der Waals surface area contributed by atoms with Gasteiger partial charge in [0, 0.05) is 23.6 Å². The van der Waals surface area contributed by atoms with Gasteiger partial charge in [-0.3, -0.25) is 9.59 Å². The minimum absolute atomic E-state index is 0.239. The molecule has 5 atom stereocenters. The fourth-order valence-electron chi connectivity index (χ4n) is 4.23. The molecule has 36 heavy (non-hydrogen) atoms. The van der Waals surface area contributed by atoms with Gasteiger partial charge in [-0.15, -0.1) is 11.3 Å². The monoisotopic (exact) mass is 515 g/mol. The fraction of sp³-hybridized carbons (Fsp3) is 0.552. The highest BCUT2D eigenvalue weighted by Crippen LogP contribution is 2.32. The zero-order valence-corrected chi connectivity index (χ0v) is 23.4. The maximum atomic E-state index is 13.2. The predicted octanol–water partition coefficient (Wildman–Crippen LogP) is 5.60. The maximum Gasteiger partial charge on any atom is 0.309 e. The quantitative estimate of drug-likeness (QED) is 0.309. The van der Waals surface area contributed by atoms with Gasteiger partial charge < -0.3 is 14.9 Å². The number of esters is 1. The number of carbonyl (C=O) groups excluding carboxylic acids is 2. The number of nitrogens with zero attached hydrogens (tertiary/aromatic N) is 1. The number of aliphatic hydroxyl groups excluding tert-OH is 2. The third-order valence-electron chi connectivity index (χ3n) is 7.02. The van der Waals surface area contributed by atoms with Crippen LogP contribution in [0, 0.1) is 24.2 Å². The molecule has 5 unspecified atom stereocenters. The van der Waals surface area contributed by atoms with Gasteiger partial charge >= 0.3 is 5.97 Å². The predicted molar refractivity (Wildman–Crippen MR) is 145 cm³/mol. The largest absolute Gasteiger partial charge is 0.457 e. The minimum atomic E-state index is -1.26. The summed E-state index contributed by atoms with van der Waals surface area (Å²) >= 11 is 1.56. The van der Waals surface area contributed by atoms with E-state index in [-0.39, 0.29) is 18.1 Å². The number of aliphatic hydroxyl groups is 2. The highest BCUT2D eigenvalue weighted by atomic mass is 32.1. The molecule has 2 heterocycles. The van der Waals surface area contributed by atoms with Crippen LogP contribution < -0.4 is 0 Å². The van der Waals surface area contributed by atoms with Crippen molar-refractivity contribution in [1.82, 2.24) is 4.98 Å². The molecule has 6 nitrogen and oxygen atoms in total. The van der Waals surface area contributed by atoms with Crippen LogP contribution in [-0.4, -0.2) is 45.3 Å². The number of rotatable bonds is 3. The highest BCUT2D eigenvalue weighted by Gasteiger charge is 2.42. The third kappa shape index (κ3) is 7.82. The topological polar surface area (TPSA) is 96.7 Å². The molecule has 0 aliphatic carbocycles. The van der Waals surface area contributed by atoms with E-state index in [1.54, 1.807) is 32.1 Å². The van der Waals surface area contributed by atoms with E-state index in [2.05, 4.69) is 11.6 Å². The van der Waals surface area contributed by atoms with Crippen molar-refractivity contribution in [2.45, 2.75) is 86.0 Å². The van der Waals surface area contributed by atoms with Crippen molar-refractivity contribution in [2.24, 2.45) is 17.3 Å². The number of aromatic nitrogens is 1. The third-order valence-corrected chi connectivity index (χ3v) is 7.81. The van der Waals surface area contributed by atoms with Crippen LogP contribution in [0.25, 0.3) is 6.08 Å². The molecule has 1 aliphatic heterocycles. The van der Waals surface area contributed by atoms with Crippen LogP contribution in [0.2, 0.25) is 0 Å². The van der Waals surface area contributed by atoms with E-state index in [0.717, 1.165) is 21.8 Å². The summed E-state index contributed by atoms with van der Waals surface area (Å²) in [5, 5.41) is 24.5. The van der Waals surface area contributed by atoms with Gasteiger partial charge in [-0.25, -0.2) is 4.98 Å². The molecule has 0 aromatic carbocycles. The lowest BCUT2D eigenvalue weighted by Gasteiger charge is -2.34. The molecule has 1 aliphatic rings. The molecule has 7 heteroatoms. The number of ketones is 1. The Labute approximate surface area is 219 Å². The lowest BCUT2D eigenvalue weighted by atomic mass is 9.73. The summed E-state index contributed by atoms with van der Waals surface area (Å²) in [6.07, 6.45) is 5.83. The van der Waals surface area contributed by atoms with Crippen molar-refractivity contribution < 1.29 is 24.5 Å². The fourth-order valence-corrected chi connectivity index (χ4v) is 4.80. The Morgan fingerprint density at radius 3 is 2.53 bits per heavy atom. The van der Waals surface area contributed by atoms with E-state index in [9.17, 15) is 19.8 Å². The number of carbonyl (C=O) groups is 2. The van der Waals surface area contributed by atoms with Crippen LogP contribution in [0.1, 0.15) is 71.5 Å². The standard InChI is InChI=1S/C29H41NO5S/c1-17-10-9-11-18(2)27(33)21(5)28(34)29(7,8)25(31)15-26(32)35-24(13-12-17)20(4)19(3)14-23-16-36-22(6)30-23/h9,11-12,14,16,18,21,24-25,27,31,33H,4,10,13,15H2,1-3,5-8H3. The number of aryl methyl sites for hydroxylation is 1. The average molecular weight is 516 g/mol. The van der Waals surface area contributed by atoms with Crippen LogP contribution in [0.5, 0.6) is 0 Å². The molecule has 2 rings (SSSR count). The van der Waals surface area contributed by atoms with Crippen molar-refractivity contribution in [3.05, 3.63) is 57.6 Å². The molecule has 0 amide bonds. The van der Waals surface area contributed by atoms with Crippen LogP contribution in [0.4, 0.5) is 0 Å². The second-order valence-electron chi connectivity index (χ2n) is 10.5. The molecule has 0 fully saturated rings. The number of hydrogen-bond donors (Lipinski definition) is 2. The second kappa shape index (κ2) is 12.7. The average Bonchev–Trinajstić information content (AvgIpc) is 3.23. The number of allylic oxidation sites excluding steroid dienone is 2. The Hall–Kier alpha value is -2.35. The Bertz CT molecular complexity index is 1050. The van der Waals surface area contributed by atoms with E-state index in [0.29, 0.717) is 18.4 Å². The summed E-state index contributed by atoms with van der Waals surface area (Å²) in [6.45, 7) is 16.8. The first-order valence-corrected chi connectivity index (χ1v) is 13.3. The van der Waals surface area contributed by atoms with Gasteiger partial charge in [0.05, 0.1) is 34.7 Å². The molecule has 1 aromatic heterocycles. The first-order valence-electron chi connectivity index (χ1n) is 12.5. The molecular formula is C29H41NO5S. The van der Waals surface area contributed by atoms with Crippen molar-refractivity contribution in [3.63, 3.8) is 0 Å². The van der Waals surface area contributed by atoms with Crippen LogP contribution in [-0.2, 0) is 14.3 Å². The van der Waals surface area contributed by atoms with Crippen LogP contribution in [0.3, 0.4) is 0 Å². The number of ether oxygens (including phenoxy) is 1. The summed E-state index contributed by atoms with van der Waals surface area (Å²) in [5.74, 6) is -1.84. The first-order chi connectivity index (χ1) is 16.7. The summed E-state index contributed by atoms with van der Waals surface area (Å²) in [6, 6.07) is 0. The Kier molecular flexibility index (Phi) is 10.6. The summed E-state index contributed by atoms with van der Waals surface area (Å²) < 4.78 is 5.81. The van der Waals surface area contributed by atoms with Gasteiger partial charge in [0.15, 0.2) is 0 Å². The van der Waals surface area contributed by atoms with Gasteiger partial charge in [0.25, 0.3) is 0 Å². The molecule has 0 saturated heterocycles. The van der Waals surface area contributed by atoms with Gasteiger partial charge in [-0.1, -0.05) is 58.1 Å². The smallest absolute Gasteiger partial charge is 0.309 e. The number of hydrogen-bond acceptors (Lipinski definition) is 7. The molecule has 1 aromatic rings. The van der Waals surface area contributed by atoms with E-state index in [1.165, 1.54) is 0 Å². The van der Waals surface area contributed by atoms with E-state index in [1.807, 2.05) is 57.4 Å². The number of Topliss-reactive ketones (excluding diaryl/α,β-unsaturated/α-hetero) is 1. The first kappa shape index (κ1) is 29.9. The summed E-state index contributed by atoms with van der Waals surface area (Å²) in [5.41, 5.74) is 2.18. The summed E-state index contributed by atoms with van der Waals surface area (Å²) in [4.78, 5) is 30.6. The van der Waals surface area contributed by atoms with Crippen molar-refractivity contribution in [3.8, 4) is 0 Å². The molecule has 0 bridgehead atoms. The van der Waals surface area contributed by atoms with E-state index >= 15 is 0 Å². The zero-order chi connectivity index (χ0) is 27.2. The molecule has 0 spiro atoms. The van der Waals surface area contributed by atoms with Gasteiger partial charge in [0.1, 0.15) is 11.9 Å². The van der Waals surface area contributed by atoms with Crippen LogP contribution >= 0.6 is 11.3 Å². The molecule has 0 saturated carbocycles. The summed E-state index contributed by atoms with van der Waals surface area (Å²) in [7, 11) is 0. The Morgan fingerprint density at radius 1 is 1.25 bits per heavy atom. The molecule has 198 valence electrons. The van der Waals surface area contributed by atoms with E-state index < -0.39 is 35.6 Å². The Morgan fingerprint density at radius 2 is 1.92 bits per heavy atom. The van der Waals surface area contributed by atoms with Crippen molar-refractivity contribution in [2.75, 3.05) is 0 Å². The SMILES string of the molecule is C=C(C(C)=Cc1csc(C)n1)C1CC=C(C)CC=CC(C)C(O)C(C)C(=O)C(C)(C)C(O)CC(=O)O1. The normalized spacial score (nSPS) is 29.0. The second-order valence-corrected chi connectivity index (χ2v) is 11.5. The van der Waals surface area contributed by atoms with Gasteiger partial charge in [0.2, 0.25) is 0 Å². The number of thiazole rings is 1. The number of cyclic esters (lactones) is 1. The zero-order valence-electron chi connectivity index (χ0n) is 22.6. The maximum absolute atomic E-state index is 13.2. The molecule has 2 N–H and O–H groups in total. The molecule has 0 radical (unpaired) electrons. The lowest BCUT2D eigenvalue weighted by molar-refractivity contribution is -0.154. The van der Waals surface area contributed by atoms with Gasteiger partial charge in [-0.05, 0) is 44.4 Å². The Balaban J connectivity index is 2.37. The van der Waals surface area contributed by atoms with Gasteiger partial charge in [-0.2, -0.15) is 0 Å².